The summed E-state index contributed by atoms with van der Waals surface area (Å²) in [5.41, 5.74) is 0.771. The molecule has 0 bridgehead atoms. The molecule has 0 atom stereocenters. The van der Waals surface area contributed by atoms with Gasteiger partial charge in [-0.25, -0.2) is 0 Å². The van der Waals surface area contributed by atoms with Crippen molar-refractivity contribution in [3.63, 3.8) is 0 Å². The van der Waals surface area contributed by atoms with E-state index < -0.39 is 13.7 Å². The molecular weight excluding hydrogens is 403 g/mol. The zero-order valence-electron chi connectivity index (χ0n) is 16.7. The van der Waals surface area contributed by atoms with Gasteiger partial charge in [-0.1, -0.05) is 84.9 Å². The van der Waals surface area contributed by atoms with Crippen LogP contribution in [0.3, 0.4) is 0 Å². The van der Waals surface area contributed by atoms with E-state index in [0.29, 0.717) is 13.2 Å². The van der Waals surface area contributed by atoms with E-state index >= 15 is 0 Å². The van der Waals surface area contributed by atoms with Gasteiger partial charge >= 0.3 is 0 Å². The second kappa shape index (κ2) is 11.2. The molecule has 0 amide bonds. The van der Waals surface area contributed by atoms with E-state index in [1.54, 1.807) is 0 Å². The Morgan fingerprint density at radius 1 is 0.759 bits per heavy atom. The van der Waals surface area contributed by atoms with Gasteiger partial charge in [-0.3, -0.25) is 4.79 Å². The number of ether oxygens (including phenoxy) is 2. The molecule has 0 saturated heterocycles. The van der Waals surface area contributed by atoms with Crippen molar-refractivity contribution >= 4 is 42.5 Å². The molecule has 3 aromatic carbocycles. The third-order valence-electron chi connectivity index (χ3n) is 4.42. The van der Waals surface area contributed by atoms with Crippen molar-refractivity contribution in [2.24, 2.45) is 0 Å². The second-order valence-electron chi connectivity index (χ2n) is 6.18. The first kappa shape index (κ1) is 23.3. The van der Waals surface area contributed by atoms with E-state index in [0.717, 1.165) is 17.2 Å². The molecule has 3 aromatic rings. The van der Waals surface area contributed by atoms with E-state index in [9.17, 15) is 4.79 Å². The molecule has 0 aliphatic heterocycles. The standard InChI is InChI=1S/C24H25O3P.ClH/c1-3-26-24(19-25,27-4-2)22-17-11-12-18-23(22)28(20-13-7-5-8-14-20)21-15-9-6-10-16-21;/h5-19H,3-4H2,1-2H3;1H. The highest BCUT2D eigenvalue weighted by atomic mass is 35.5. The number of carbonyl (C=O) groups is 1. The Kier molecular flexibility index (Phi) is 9.00. The number of halogens is 1. The average molecular weight is 429 g/mol. The SMILES string of the molecule is CCOC(C=O)(OCC)c1ccccc1P(c1ccccc1)c1ccccc1.Cl. The third kappa shape index (κ3) is 5.12. The van der Waals surface area contributed by atoms with Crippen LogP contribution < -0.4 is 15.9 Å². The van der Waals surface area contributed by atoms with Gasteiger partial charge in [-0.15, -0.1) is 12.4 Å². The smallest absolute Gasteiger partial charge is 0.253 e. The molecular formula is C24H26ClO3P. The van der Waals surface area contributed by atoms with Crippen molar-refractivity contribution in [2.45, 2.75) is 19.6 Å². The Bertz CT molecular complexity index is 841. The van der Waals surface area contributed by atoms with Gasteiger partial charge in [0.2, 0.25) is 0 Å². The fourth-order valence-electron chi connectivity index (χ4n) is 3.30. The number of benzene rings is 3. The highest BCUT2D eigenvalue weighted by Gasteiger charge is 2.37. The van der Waals surface area contributed by atoms with Gasteiger partial charge in [0.15, 0.2) is 6.29 Å². The van der Waals surface area contributed by atoms with Crippen LogP contribution in [0.5, 0.6) is 0 Å². The van der Waals surface area contributed by atoms with Crippen LogP contribution in [0.25, 0.3) is 0 Å². The average Bonchev–Trinajstić information content (AvgIpc) is 2.76. The first-order chi connectivity index (χ1) is 13.8. The summed E-state index contributed by atoms with van der Waals surface area (Å²) in [6, 6.07) is 28.7. The number of aldehydes is 1. The Labute approximate surface area is 180 Å². The number of rotatable bonds is 9. The van der Waals surface area contributed by atoms with Gasteiger partial charge in [0.1, 0.15) is 0 Å². The Balaban J connectivity index is 0.00000300. The van der Waals surface area contributed by atoms with E-state index in [1.807, 2.05) is 68.4 Å². The monoisotopic (exact) mass is 428 g/mol. The maximum absolute atomic E-state index is 12.2. The van der Waals surface area contributed by atoms with Crippen molar-refractivity contribution in [3.05, 3.63) is 90.5 Å². The maximum atomic E-state index is 12.2. The molecule has 0 fully saturated rings. The fourth-order valence-corrected chi connectivity index (χ4v) is 5.80. The Morgan fingerprint density at radius 2 is 1.21 bits per heavy atom. The lowest BCUT2D eigenvalue weighted by Gasteiger charge is -2.32. The minimum Gasteiger partial charge on any atom is -0.340 e. The van der Waals surface area contributed by atoms with Crippen LogP contribution in [0.15, 0.2) is 84.9 Å². The summed E-state index contributed by atoms with van der Waals surface area (Å²) in [4.78, 5) is 12.2. The van der Waals surface area contributed by atoms with Crippen molar-refractivity contribution in [1.82, 2.24) is 0 Å². The molecule has 29 heavy (non-hydrogen) atoms. The van der Waals surface area contributed by atoms with Crippen molar-refractivity contribution < 1.29 is 14.3 Å². The largest absolute Gasteiger partial charge is 0.340 e. The van der Waals surface area contributed by atoms with Gasteiger partial charge in [0.05, 0.1) is 0 Å². The van der Waals surface area contributed by atoms with Crippen molar-refractivity contribution in [3.8, 4) is 0 Å². The van der Waals surface area contributed by atoms with Gasteiger partial charge in [0, 0.05) is 18.8 Å². The van der Waals surface area contributed by atoms with Gasteiger partial charge in [0.25, 0.3) is 5.79 Å². The predicted molar refractivity (Wildman–Crippen MR) is 123 cm³/mol. The summed E-state index contributed by atoms with van der Waals surface area (Å²) in [5.74, 6) is -1.40. The Morgan fingerprint density at radius 3 is 1.66 bits per heavy atom. The molecule has 0 radical (unpaired) electrons. The summed E-state index contributed by atoms with van der Waals surface area (Å²) in [6.45, 7) is 4.50. The minimum atomic E-state index is -1.40. The van der Waals surface area contributed by atoms with Crippen molar-refractivity contribution in [1.29, 1.82) is 0 Å². The van der Waals surface area contributed by atoms with Gasteiger partial charge in [-0.2, -0.15) is 0 Å². The zero-order chi connectivity index (χ0) is 19.8. The molecule has 0 heterocycles. The lowest BCUT2D eigenvalue weighted by Crippen LogP contribution is -2.40. The van der Waals surface area contributed by atoms with Crippen molar-refractivity contribution in [2.75, 3.05) is 13.2 Å². The van der Waals surface area contributed by atoms with Crippen LogP contribution >= 0.6 is 20.3 Å². The zero-order valence-corrected chi connectivity index (χ0v) is 18.4. The lowest BCUT2D eigenvalue weighted by molar-refractivity contribution is -0.222. The molecule has 0 saturated carbocycles. The first-order valence-corrected chi connectivity index (χ1v) is 10.8. The van der Waals surface area contributed by atoms with Crippen LogP contribution in [-0.2, 0) is 20.1 Å². The quantitative estimate of drug-likeness (QED) is 0.290. The molecule has 0 aliphatic rings. The first-order valence-electron chi connectivity index (χ1n) is 9.49. The van der Waals surface area contributed by atoms with Crippen LogP contribution in [0, 0.1) is 0 Å². The van der Waals surface area contributed by atoms with Crippen LogP contribution in [-0.4, -0.2) is 19.5 Å². The summed E-state index contributed by atoms with van der Waals surface area (Å²) in [5, 5.41) is 3.48. The van der Waals surface area contributed by atoms with Crippen LogP contribution in [0.2, 0.25) is 0 Å². The number of hydrogen-bond donors (Lipinski definition) is 0. The topological polar surface area (TPSA) is 35.5 Å². The fraction of sp³-hybridized carbons (Fsp3) is 0.208. The minimum absolute atomic E-state index is 0. The van der Waals surface area contributed by atoms with E-state index in [1.165, 1.54) is 10.6 Å². The van der Waals surface area contributed by atoms with Crippen LogP contribution in [0.1, 0.15) is 19.4 Å². The number of hydrogen-bond acceptors (Lipinski definition) is 3. The molecule has 3 nitrogen and oxygen atoms in total. The van der Waals surface area contributed by atoms with E-state index in [2.05, 4.69) is 30.3 Å². The molecule has 3 rings (SSSR count). The molecule has 0 spiro atoms. The summed E-state index contributed by atoms with van der Waals surface area (Å²) < 4.78 is 11.8. The van der Waals surface area contributed by atoms with E-state index in [-0.39, 0.29) is 12.4 Å². The van der Waals surface area contributed by atoms with E-state index in [4.69, 9.17) is 9.47 Å². The highest BCUT2D eigenvalue weighted by Crippen LogP contribution is 2.37. The highest BCUT2D eigenvalue weighted by molar-refractivity contribution is 7.79. The summed E-state index contributed by atoms with van der Waals surface area (Å²) in [6.07, 6.45) is 0.780. The number of carbonyl (C=O) groups excluding carboxylic acids is 1. The molecule has 0 aliphatic carbocycles. The lowest BCUT2D eigenvalue weighted by atomic mass is 10.1. The molecule has 5 heteroatoms. The molecule has 152 valence electrons. The predicted octanol–water partition coefficient (Wildman–Crippen LogP) is 4.29. The normalized spacial score (nSPS) is 11.1. The Hall–Kier alpha value is -2.03. The summed E-state index contributed by atoms with van der Waals surface area (Å²) in [7, 11) is -0.877. The van der Waals surface area contributed by atoms with Gasteiger partial charge in [-0.05, 0) is 37.7 Å². The molecule has 0 aromatic heterocycles. The third-order valence-corrected chi connectivity index (χ3v) is 6.92. The molecule has 0 unspecified atom stereocenters. The van der Waals surface area contributed by atoms with Crippen LogP contribution in [0.4, 0.5) is 0 Å². The second-order valence-corrected chi connectivity index (χ2v) is 8.36. The summed E-state index contributed by atoms with van der Waals surface area (Å²) >= 11 is 0. The molecule has 0 N–H and O–H groups in total. The van der Waals surface area contributed by atoms with Gasteiger partial charge < -0.3 is 9.47 Å². The maximum Gasteiger partial charge on any atom is 0.253 e.